The molecule has 3 N–H and O–H groups in total. The number of carboxylic acid groups (broad SMARTS) is 3. The first-order valence-corrected chi connectivity index (χ1v) is 21.1. The van der Waals surface area contributed by atoms with Gasteiger partial charge in [0.1, 0.15) is 37.8 Å². The molecule has 0 amide bonds. The number of hydrogen-bond acceptors (Lipinski definition) is 12. The maximum Gasteiger partial charge on any atom is 0.317 e. The molecular weight excluding hydrogens is 831 g/mol. The van der Waals surface area contributed by atoms with Crippen LogP contribution >= 0.6 is 0 Å². The second-order valence-corrected chi connectivity index (χ2v) is 15.1. The van der Waals surface area contributed by atoms with Gasteiger partial charge in [0.15, 0.2) is 23.0 Å². The molecule has 0 saturated carbocycles. The van der Waals surface area contributed by atoms with E-state index in [1.165, 1.54) is 0 Å². The van der Waals surface area contributed by atoms with Crippen molar-refractivity contribution in [2.24, 2.45) is 0 Å². The Morgan fingerprint density at radius 1 is 0.400 bits per heavy atom. The number of carboxylic acids is 3. The molecule has 0 aliphatic carbocycles. The van der Waals surface area contributed by atoms with E-state index in [9.17, 15) is 29.7 Å². The molecule has 0 aliphatic heterocycles. The van der Waals surface area contributed by atoms with Gasteiger partial charge in [-0.3, -0.25) is 39.1 Å². The van der Waals surface area contributed by atoms with Gasteiger partial charge >= 0.3 is 17.9 Å². The molecule has 0 saturated heterocycles. The highest BCUT2D eigenvalue weighted by atomic mass is 16.5. The zero-order valence-corrected chi connectivity index (χ0v) is 36.0. The number of nitrogens with zero attached hydrogens (tertiary/aromatic N) is 5. The quantitative estimate of drug-likeness (QED) is 0.0476. The van der Waals surface area contributed by atoms with Crippen molar-refractivity contribution in [1.29, 1.82) is 0 Å². The molecule has 0 bridgehead atoms. The fraction of sp³-hybridized carbons (Fsp3) is 0.260. The number of rotatable bonds is 28. The second-order valence-electron chi connectivity index (χ2n) is 15.1. The van der Waals surface area contributed by atoms with E-state index in [2.05, 4.69) is 9.97 Å². The Balaban J connectivity index is 1.18. The summed E-state index contributed by atoms with van der Waals surface area (Å²) < 4.78 is 25.1. The van der Waals surface area contributed by atoms with Gasteiger partial charge in [0.05, 0.1) is 19.6 Å². The molecule has 6 aromatic rings. The molecule has 6 rings (SSSR count). The summed E-state index contributed by atoms with van der Waals surface area (Å²) in [6.45, 7) is 0.453. The molecule has 0 aliphatic rings. The van der Waals surface area contributed by atoms with Crippen LogP contribution in [0.2, 0.25) is 0 Å². The minimum Gasteiger partial charge on any atom is -0.485 e. The summed E-state index contributed by atoms with van der Waals surface area (Å²) in [5.74, 6) is -1.66. The standard InChI is InChI=1S/C50H53N5O10/c56-46(57)31-53(25-27-54(32-47(58)59)29-42-49(64-36-40-17-9-3-10-18-40)44(21-23-51-42)62-34-38-13-5-1-6-14-38)26-28-55(33-48(60)61)30-43-50(65-37-41-19-11-4-12-20-41)45(22-24-52-43)63-35-39-15-7-2-8-16-39/h1-24H,25-37H2,(H,56,57)(H,58,59)(H,60,61). The van der Waals surface area contributed by atoms with Crippen molar-refractivity contribution in [1.82, 2.24) is 24.7 Å². The first-order chi connectivity index (χ1) is 31.7. The van der Waals surface area contributed by atoms with Crippen molar-refractivity contribution < 1.29 is 48.7 Å². The summed E-state index contributed by atoms with van der Waals surface area (Å²) in [7, 11) is 0. The number of carbonyl (C=O) groups is 3. The zero-order chi connectivity index (χ0) is 45.6. The van der Waals surface area contributed by atoms with E-state index in [1.54, 1.807) is 39.2 Å². The molecule has 65 heavy (non-hydrogen) atoms. The number of aromatic nitrogens is 2. The number of aliphatic carboxylic acids is 3. The highest BCUT2D eigenvalue weighted by molar-refractivity contribution is 5.70. The normalized spacial score (nSPS) is 11.1. The average Bonchev–Trinajstić information content (AvgIpc) is 3.31. The monoisotopic (exact) mass is 883 g/mol. The minimum atomic E-state index is -1.09. The van der Waals surface area contributed by atoms with E-state index in [-0.39, 0.29) is 85.3 Å². The van der Waals surface area contributed by atoms with Gasteiger partial charge in [0.2, 0.25) is 0 Å². The van der Waals surface area contributed by atoms with Crippen LogP contribution in [0.4, 0.5) is 0 Å². The van der Waals surface area contributed by atoms with Crippen molar-refractivity contribution in [2.75, 3.05) is 45.8 Å². The van der Waals surface area contributed by atoms with Crippen LogP contribution in [0.25, 0.3) is 0 Å². The van der Waals surface area contributed by atoms with Crippen LogP contribution in [0, 0.1) is 0 Å². The number of hydrogen-bond donors (Lipinski definition) is 3. The molecule has 2 aromatic heterocycles. The topological polar surface area (TPSA) is 184 Å². The molecule has 0 radical (unpaired) electrons. The van der Waals surface area contributed by atoms with Crippen molar-refractivity contribution in [3.05, 3.63) is 179 Å². The molecule has 2 heterocycles. The number of ether oxygens (including phenoxy) is 4. The zero-order valence-electron chi connectivity index (χ0n) is 36.0. The fourth-order valence-electron chi connectivity index (χ4n) is 6.90. The third-order valence-electron chi connectivity index (χ3n) is 10.1. The molecule has 0 atom stereocenters. The lowest BCUT2D eigenvalue weighted by Gasteiger charge is -2.29. The number of pyridine rings is 2. The first-order valence-electron chi connectivity index (χ1n) is 21.1. The Hall–Kier alpha value is -7.33. The molecule has 15 nitrogen and oxygen atoms in total. The third kappa shape index (κ3) is 16.1. The van der Waals surface area contributed by atoms with E-state index in [0.717, 1.165) is 22.3 Å². The highest BCUT2D eigenvalue weighted by Crippen LogP contribution is 2.34. The second kappa shape index (κ2) is 25.1. The largest absolute Gasteiger partial charge is 0.485 e. The van der Waals surface area contributed by atoms with Crippen molar-refractivity contribution >= 4 is 17.9 Å². The maximum atomic E-state index is 12.2. The Bertz CT molecular complexity index is 2230. The van der Waals surface area contributed by atoms with Crippen LogP contribution in [0.3, 0.4) is 0 Å². The van der Waals surface area contributed by atoms with Crippen LogP contribution in [0.15, 0.2) is 146 Å². The summed E-state index contributed by atoms with van der Waals surface area (Å²) in [6, 6.07) is 41.9. The molecule has 338 valence electrons. The van der Waals surface area contributed by atoms with Crippen molar-refractivity contribution in [2.45, 2.75) is 39.5 Å². The fourth-order valence-corrected chi connectivity index (χ4v) is 6.90. The predicted octanol–water partition coefficient (Wildman–Crippen LogP) is 6.65. The van der Waals surface area contributed by atoms with E-state index in [4.69, 9.17) is 18.9 Å². The van der Waals surface area contributed by atoms with Gasteiger partial charge < -0.3 is 34.3 Å². The van der Waals surface area contributed by atoms with Crippen LogP contribution in [-0.4, -0.2) is 104 Å². The Morgan fingerprint density at radius 3 is 1.02 bits per heavy atom. The first kappa shape index (κ1) is 47.2. The lowest BCUT2D eigenvalue weighted by atomic mass is 10.2. The maximum absolute atomic E-state index is 12.2. The number of benzene rings is 4. The summed E-state index contributed by atoms with van der Waals surface area (Å²) in [4.78, 5) is 50.7. The Kier molecular flexibility index (Phi) is 18.2. The highest BCUT2D eigenvalue weighted by Gasteiger charge is 2.23. The van der Waals surface area contributed by atoms with E-state index >= 15 is 0 Å². The van der Waals surface area contributed by atoms with Crippen LogP contribution in [0.1, 0.15) is 33.6 Å². The van der Waals surface area contributed by atoms with Crippen molar-refractivity contribution in [3.63, 3.8) is 0 Å². The smallest absolute Gasteiger partial charge is 0.317 e. The molecule has 0 spiro atoms. The van der Waals surface area contributed by atoms with Gasteiger partial charge in [-0.05, 0) is 22.3 Å². The van der Waals surface area contributed by atoms with Gasteiger partial charge in [-0.2, -0.15) is 0 Å². The molecular formula is C50H53N5O10. The van der Waals surface area contributed by atoms with Crippen molar-refractivity contribution in [3.8, 4) is 23.0 Å². The molecule has 0 fully saturated rings. The summed E-state index contributed by atoms with van der Waals surface area (Å²) in [6.07, 6.45) is 3.16. The van der Waals surface area contributed by atoms with E-state index in [0.29, 0.717) is 34.4 Å². The Labute approximate surface area is 378 Å². The lowest BCUT2D eigenvalue weighted by Crippen LogP contribution is -2.43. The molecule has 0 unspecified atom stereocenters. The summed E-state index contributed by atoms with van der Waals surface area (Å²) in [5.41, 5.74) is 4.60. The summed E-state index contributed by atoms with van der Waals surface area (Å²) >= 11 is 0. The van der Waals surface area contributed by atoms with Crippen LogP contribution in [0.5, 0.6) is 23.0 Å². The molecule has 4 aromatic carbocycles. The van der Waals surface area contributed by atoms with Crippen LogP contribution < -0.4 is 18.9 Å². The van der Waals surface area contributed by atoms with Gasteiger partial charge in [-0.15, -0.1) is 0 Å². The predicted molar refractivity (Wildman–Crippen MR) is 241 cm³/mol. The Morgan fingerprint density at radius 2 is 0.692 bits per heavy atom. The summed E-state index contributed by atoms with van der Waals surface area (Å²) in [5, 5.41) is 29.9. The molecule has 15 heteroatoms. The van der Waals surface area contributed by atoms with Gasteiger partial charge in [0.25, 0.3) is 0 Å². The lowest BCUT2D eigenvalue weighted by molar-refractivity contribution is -0.140. The minimum absolute atomic E-state index is 0.0467. The van der Waals surface area contributed by atoms with Gasteiger partial charge in [-0.25, -0.2) is 0 Å². The van der Waals surface area contributed by atoms with E-state index in [1.807, 2.05) is 121 Å². The van der Waals surface area contributed by atoms with Crippen LogP contribution in [-0.2, 0) is 53.9 Å². The van der Waals surface area contributed by atoms with E-state index < -0.39 is 17.9 Å². The SMILES string of the molecule is O=C(O)CN(CCN(CC(=O)O)Cc1nccc(OCc2ccccc2)c1OCc1ccccc1)CCN(CC(=O)O)Cc1nccc(OCc2ccccc2)c1OCc1ccccc1. The third-order valence-corrected chi connectivity index (χ3v) is 10.1. The van der Waals surface area contributed by atoms with Gasteiger partial charge in [0, 0.05) is 63.8 Å². The average molecular weight is 884 g/mol. The van der Waals surface area contributed by atoms with Gasteiger partial charge in [-0.1, -0.05) is 121 Å².